The van der Waals surface area contributed by atoms with Gasteiger partial charge >= 0.3 is 0 Å². The van der Waals surface area contributed by atoms with Crippen LogP contribution in [0.25, 0.3) is 0 Å². The zero-order valence-corrected chi connectivity index (χ0v) is 12.5. The largest absolute Gasteiger partial charge is 0.263 e. The van der Waals surface area contributed by atoms with E-state index in [9.17, 15) is 12.8 Å². The first-order chi connectivity index (χ1) is 8.92. The molecular weight excluding hydrogens is 309 g/mol. The van der Waals surface area contributed by atoms with Crippen LogP contribution < -0.4 is 4.72 Å². The molecule has 0 radical (unpaired) electrons. The van der Waals surface area contributed by atoms with Crippen molar-refractivity contribution in [3.05, 3.63) is 29.6 Å². The molecule has 0 aliphatic heterocycles. The number of thioether (sulfide) groups is 1. The zero-order valence-electron chi connectivity index (χ0n) is 10.0. The van der Waals surface area contributed by atoms with E-state index in [1.54, 1.807) is 0 Å². The van der Waals surface area contributed by atoms with Gasteiger partial charge in [0, 0.05) is 0 Å². The average Bonchev–Trinajstić information content (AvgIpc) is 2.79. The Morgan fingerprint density at radius 2 is 2.11 bits per heavy atom. The van der Waals surface area contributed by atoms with E-state index in [2.05, 4.69) is 14.9 Å². The molecule has 0 bridgehead atoms. The van der Waals surface area contributed by atoms with Gasteiger partial charge < -0.3 is 0 Å². The fraction of sp³-hybridized carbons (Fsp3) is 0.200. The molecule has 0 fully saturated rings. The van der Waals surface area contributed by atoms with Gasteiger partial charge in [0.2, 0.25) is 5.13 Å². The van der Waals surface area contributed by atoms with E-state index in [0.29, 0.717) is 4.34 Å². The van der Waals surface area contributed by atoms with E-state index in [4.69, 9.17) is 0 Å². The molecule has 0 saturated heterocycles. The Morgan fingerprint density at radius 3 is 2.68 bits per heavy atom. The molecule has 5 nitrogen and oxygen atoms in total. The summed E-state index contributed by atoms with van der Waals surface area (Å²) in [7, 11) is -3.77. The maximum Gasteiger partial charge on any atom is 0.263 e. The summed E-state index contributed by atoms with van der Waals surface area (Å²) in [5, 5.41) is 7.70. The van der Waals surface area contributed by atoms with Crippen molar-refractivity contribution >= 4 is 38.3 Å². The van der Waals surface area contributed by atoms with E-state index >= 15 is 0 Å². The fourth-order valence-corrected chi connectivity index (χ4v) is 3.78. The van der Waals surface area contributed by atoms with E-state index in [-0.39, 0.29) is 15.6 Å². The minimum absolute atomic E-state index is 0.00713. The lowest BCUT2D eigenvalue weighted by atomic mass is 10.2. The predicted octanol–water partition coefficient (Wildman–Crippen LogP) is 2.51. The Balaban J connectivity index is 2.29. The second-order valence-corrected chi connectivity index (χ2v) is 7.31. The molecule has 0 unspecified atom stereocenters. The van der Waals surface area contributed by atoms with Crippen molar-refractivity contribution < 1.29 is 12.8 Å². The lowest BCUT2D eigenvalue weighted by Crippen LogP contribution is -2.13. The molecule has 1 aromatic carbocycles. The van der Waals surface area contributed by atoms with Crippen LogP contribution in [0.5, 0.6) is 0 Å². The number of aryl methyl sites for hydroxylation is 1. The smallest absolute Gasteiger partial charge is 0.253 e. The number of rotatable bonds is 4. The molecule has 0 aliphatic rings. The average molecular weight is 319 g/mol. The Labute approximate surface area is 118 Å². The van der Waals surface area contributed by atoms with Gasteiger partial charge in [-0.1, -0.05) is 23.1 Å². The van der Waals surface area contributed by atoms with Crippen LogP contribution in [0.3, 0.4) is 0 Å². The molecule has 2 aromatic rings. The number of benzene rings is 1. The number of anilines is 1. The zero-order chi connectivity index (χ0) is 14.0. The molecule has 2 rings (SSSR count). The summed E-state index contributed by atoms with van der Waals surface area (Å²) in [6.07, 6.45) is 1.82. The first kappa shape index (κ1) is 14.2. The van der Waals surface area contributed by atoms with Crippen molar-refractivity contribution in [2.24, 2.45) is 0 Å². The summed E-state index contributed by atoms with van der Waals surface area (Å²) < 4.78 is 40.2. The summed E-state index contributed by atoms with van der Waals surface area (Å²) in [6, 6.07) is 3.60. The normalized spacial score (nSPS) is 11.5. The van der Waals surface area contributed by atoms with Crippen molar-refractivity contribution in [2.45, 2.75) is 16.2 Å². The number of hydrogen-bond acceptors (Lipinski definition) is 6. The van der Waals surface area contributed by atoms with Crippen molar-refractivity contribution in [1.29, 1.82) is 0 Å². The standard InChI is InChI=1S/C10H10FN3O2S3/c1-6-5-7(3-4-8(6)11)19(15,16)14-9-12-13-10(17-2)18-9/h3-5H,1-2H3,(H,12,14). The van der Waals surface area contributed by atoms with Crippen LogP contribution in [-0.2, 0) is 10.0 Å². The Kier molecular flexibility index (Phi) is 4.07. The number of halogens is 1. The van der Waals surface area contributed by atoms with Gasteiger partial charge in [-0.05, 0) is 36.9 Å². The highest BCUT2D eigenvalue weighted by molar-refractivity contribution is 8.00. The summed E-state index contributed by atoms with van der Waals surface area (Å²) in [5.74, 6) is -0.445. The predicted molar refractivity (Wildman–Crippen MR) is 73.6 cm³/mol. The van der Waals surface area contributed by atoms with Crippen LogP contribution in [0.4, 0.5) is 9.52 Å². The van der Waals surface area contributed by atoms with Crippen molar-refractivity contribution in [1.82, 2.24) is 10.2 Å². The monoisotopic (exact) mass is 319 g/mol. The SMILES string of the molecule is CSc1nnc(NS(=O)(=O)c2ccc(F)c(C)c2)s1. The molecule has 0 saturated carbocycles. The number of nitrogens with zero attached hydrogens (tertiary/aromatic N) is 2. The Morgan fingerprint density at radius 1 is 1.37 bits per heavy atom. The molecule has 9 heteroatoms. The van der Waals surface area contributed by atoms with Crippen LogP contribution >= 0.6 is 23.1 Å². The molecule has 0 spiro atoms. The second-order valence-electron chi connectivity index (χ2n) is 3.59. The topological polar surface area (TPSA) is 72.0 Å². The molecule has 1 N–H and O–H groups in total. The van der Waals surface area contributed by atoms with Gasteiger partial charge in [-0.25, -0.2) is 12.8 Å². The lowest BCUT2D eigenvalue weighted by molar-refractivity contribution is 0.598. The molecule has 0 aliphatic carbocycles. The second kappa shape index (κ2) is 5.43. The summed E-state index contributed by atoms with van der Waals surface area (Å²) in [6.45, 7) is 1.51. The molecule has 0 atom stereocenters. The third kappa shape index (κ3) is 3.23. The molecule has 0 amide bonds. The molecule has 19 heavy (non-hydrogen) atoms. The van der Waals surface area contributed by atoms with Crippen molar-refractivity contribution in [2.75, 3.05) is 11.0 Å². The Hall–Kier alpha value is -1.19. The third-order valence-corrected chi connectivity index (χ3v) is 5.52. The summed E-state index contributed by atoms with van der Waals surface area (Å²) >= 11 is 2.51. The first-order valence-corrected chi connectivity index (χ1v) is 8.61. The number of hydrogen-bond donors (Lipinski definition) is 1. The third-order valence-electron chi connectivity index (χ3n) is 2.24. The minimum Gasteiger partial charge on any atom is -0.253 e. The maximum atomic E-state index is 13.1. The maximum absolute atomic E-state index is 13.1. The fourth-order valence-electron chi connectivity index (χ4n) is 1.29. The van der Waals surface area contributed by atoms with Crippen LogP contribution in [0, 0.1) is 12.7 Å². The summed E-state index contributed by atoms with van der Waals surface area (Å²) in [5.41, 5.74) is 0.268. The lowest BCUT2D eigenvalue weighted by Gasteiger charge is -2.05. The molecule has 102 valence electrons. The van der Waals surface area contributed by atoms with Crippen molar-refractivity contribution in [3.63, 3.8) is 0 Å². The van der Waals surface area contributed by atoms with Crippen molar-refractivity contribution in [3.8, 4) is 0 Å². The van der Waals surface area contributed by atoms with Gasteiger partial charge in [-0.15, -0.1) is 10.2 Å². The highest BCUT2D eigenvalue weighted by Gasteiger charge is 2.17. The summed E-state index contributed by atoms with van der Waals surface area (Å²) in [4.78, 5) is -0.00713. The van der Waals surface area contributed by atoms with E-state index in [0.717, 1.165) is 17.4 Å². The molecule has 1 aromatic heterocycles. The van der Waals surface area contributed by atoms with Gasteiger partial charge in [-0.2, -0.15) is 0 Å². The van der Waals surface area contributed by atoms with E-state index in [1.807, 2.05) is 6.26 Å². The van der Waals surface area contributed by atoms with Crippen LogP contribution in [-0.4, -0.2) is 24.9 Å². The van der Waals surface area contributed by atoms with Crippen LogP contribution in [0.15, 0.2) is 27.4 Å². The van der Waals surface area contributed by atoms with E-state index in [1.165, 1.54) is 30.8 Å². The van der Waals surface area contributed by atoms with Gasteiger partial charge in [0.25, 0.3) is 10.0 Å². The van der Waals surface area contributed by atoms with Gasteiger partial charge in [0.15, 0.2) is 4.34 Å². The molecule has 1 heterocycles. The minimum atomic E-state index is -3.77. The highest BCUT2D eigenvalue weighted by atomic mass is 32.2. The number of sulfonamides is 1. The van der Waals surface area contributed by atoms with Gasteiger partial charge in [0.05, 0.1) is 4.90 Å². The molecular formula is C10H10FN3O2S3. The quantitative estimate of drug-likeness (QED) is 0.877. The number of aromatic nitrogens is 2. The van der Waals surface area contributed by atoms with Gasteiger partial charge in [-0.3, -0.25) is 4.72 Å². The van der Waals surface area contributed by atoms with Crippen LogP contribution in [0.2, 0.25) is 0 Å². The Bertz CT molecular complexity index is 700. The first-order valence-electron chi connectivity index (χ1n) is 5.09. The van der Waals surface area contributed by atoms with Crippen LogP contribution in [0.1, 0.15) is 5.56 Å². The highest BCUT2D eigenvalue weighted by Crippen LogP contribution is 2.25. The number of nitrogens with one attached hydrogen (secondary N) is 1. The van der Waals surface area contributed by atoms with Gasteiger partial charge in [0.1, 0.15) is 5.82 Å². The van der Waals surface area contributed by atoms with E-state index < -0.39 is 15.8 Å².